The minimum absolute atomic E-state index is 0.156. The lowest BCUT2D eigenvalue weighted by molar-refractivity contribution is -0.996. The lowest BCUT2D eigenvalue weighted by Crippen LogP contribution is -3.01. The van der Waals surface area contributed by atoms with E-state index in [0.29, 0.717) is 5.56 Å². The number of quaternary nitrogens is 2. The van der Waals surface area contributed by atoms with E-state index in [1.165, 1.54) is 6.92 Å². The molecule has 132 valence electrons. The summed E-state index contributed by atoms with van der Waals surface area (Å²) in [7, 11) is 0. The van der Waals surface area contributed by atoms with E-state index in [4.69, 9.17) is 16.8 Å². The van der Waals surface area contributed by atoms with E-state index >= 15 is 0 Å². The molecule has 0 spiro atoms. The van der Waals surface area contributed by atoms with Crippen molar-refractivity contribution in [2.24, 2.45) is 0 Å². The molecule has 0 aromatic heterocycles. The SMILES string of the molecule is CC(=O)C(=C(O)c1ccccc1)c1cc(Cl)c([NH+]([O-])O)cc1[NH+]([O-])O. The van der Waals surface area contributed by atoms with Crippen LogP contribution in [0.15, 0.2) is 42.5 Å². The first-order chi connectivity index (χ1) is 11.7. The van der Waals surface area contributed by atoms with Gasteiger partial charge in [-0.25, -0.2) is 10.4 Å². The van der Waals surface area contributed by atoms with Crippen LogP contribution >= 0.6 is 11.6 Å². The van der Waals surface area contributed by atoms with E-state index in [1.54, 1.807) is 30.3 Å². The van der Waals surface area contributed by atoms with E-state index < -0.39 is 33.4 Å². The van der Waals surface area contributed by atoms with Gasteiger partial charge in [0.25, 0.3) is 0 Å². The van der Waals surface area contributed by atoms with Crippen LogP contribution in [0.25, 0.3) is 11.3 Å². The van der Waals surface area contributed by atoms with Crippen LogP contribution in [-0.2, 0) is 4.79 Å². The molecule has 0 radical (unpaired) electrons. The molecule has 0 aliphatic rings. The van der Waals surface area contributed by atoms with Gasteiger partial charge < -0.3 is 15.5 Å². The molecular formula is C16H15ClN2O6. The highest BCUT2D eigenvalue weighted by Gasteiger charge is 2.25. The predicted octanol–water partition coefficient (Wildman–Crippen LogP) is 1.16. The number of halogens is 1. The third-order valence-electron chi connectivity index (χ3n) is 3.47. The fourth-order valence-electron chi connectivity index (χ4n) is 2.35. The molecule has 0 fully saturated rings. The Bertz CT molecular complexity index is 821. The Morgan fingerprint density at radius 2 is 1.60 bits per heavy atom. The number of Topliss-reactive ketones (excluding diaryl/α,β-unsaturated/α-hetero) is 1. The van der Waals surface area contributed by atoms with Gasteiger partial charge in [-0.05, 0) is 13.0 Å². The summed E-state index contributed by atoms with van der Waals surface area (Å²) in [6.45, 7) is 1.17. The molecule has 2 unspecified atom stereocenters. The maximum Gasteiger partial charge on any atom is 0.188 e. The topological polar surface area (TPSA) is 133 Å². The number of hydrogen-bond donors (Lipinski definition) is 5. The van der Waals surface area contributed by atoms with Crippen molar-refractivity contribution in [1.82, 2.24) is 0 Å². The van der Waals surface area contributed by atoms with Gasteiger partial charge in [0.2, 0.25) is 0 Å². The maximum atomic E-state index is 12.1. The van der Waals surface area contributed by atoms with Crippen molar-refractivity contribution in [3.05, 3.63) is 69.0 Å². The monoisotopic (exact) mass is 366 g/mol. The van der Waals surface area contributed by atoms with Gasteiger partial charge in [0, 0.05) is 5.56 Å². The molecule has 0 aliphatic carbocycles. The molecule has 0 heterocycles. The molecule has 0 amide bonds. The third-order valence-corrected chi connectivity index (χ3v) is 3.79. The number of hydrogen-bond acceptors (Lipinski definition) is 6. The van der Waals surface area contributed by atoms with Gasteiger partial charge in [0.05, 0.1) is 17.2 Å². The first-order valence-electron chi connectivity index (χ1n) is 7.04. The van der Waals surface area contributed by atoms with Gasteiger partial charge in [0.15, 0.2) is 17.2 Å². The largest absolute Gasteiger partial charge is 0.595 e. The summed E-state index contributed by atoms with van der Waals surface area (Å²) in [5, 5.41) is 48.6. The van der Waals surface area contributed by atoms with Crippen molar-refractivity contribution >= 4 is 40.1 Å². The highest BCUT2D eigenvalue weighted by Crippen LogP contribution is 2.33. The average Bonchev–Trinajstić information content (AvgIpc) is 2.54. The molecule has 0 saturated carbocycles. The van der Waals surface area contributed by atoms with E-state index in [-0.39, 0.29) is 16.2 Å². The van der Waals surface area contributed by atoms with E-state index in [2.05, 4.69) is 0 Å². The normalized spacial score (nSPS) is 14.6. The number of carbonyl (C=O) groups is 1. The molecule has 0 saturated heterocycles. The fraction of sp³-hybridized carbons (Fsp3) is 0.0625. The fourth-order valence-corrected chi connectivity index (χ4v) is 2.59. The highest BCUT2D eigenvalue weighted by atomic mass is 35.5. The number of ketones is 1. The average molecular weight is 367 g/mol. The Hall–Kier alpha value is -2.30. The van der Waals surface area contributed by atoms with Crippen LogP contribution in [0, 0.1) is 10.4 Å². The number of benzene rings is 2. The van der Waals surface area contributed by atoms with Crippen LogP contribution in [0.1, 0.15) is 18.1 Å². The Morgan fingerprint density at radius 1 is 1.04 bits per heavy atom. The van der Waals surface area contributed by atoms with Gasteiger partial charge in [0.1, 0.15) is 10.8 Å². The van der Waals surface area contributed by atoms with Crippen molar-refractivity contribution in [2.45, 2.75) is 6.92 Å². The molecule has 9 heteroatoms. The van der Waals surface area contributed by atoms with Crippen LogP contribution < -0.4 is 10.5 Å². The molecule has 25 heavy (non-hydrogen) atoms. The number of allylic oxidation sites excluding steroid dienone is 1. The second-order valence-corrected chi connectivity index (χ2v) is 5.54. The van der Waals surface area contributed by atoms with Crippen LogP contribution in [0.4, 0.5) is 11.4 Å². The van der Waals surface area contributed by atoms with Gasteiger partial charge in [-0.2, -0.15) is 10.5 Å². The summed E-state index contributed by atoms with van der Waals surface area (Å²) < 4.78 is 0. The number of aliphatic hydroxyl groups is 1. The van der Waals surface area contributed by atoms with Gasteiger partial charge in [-0.1, -0.05) is 41.9 Å². The van der Waals surface area contributed by atoms with E-state index in [1.807, 2.05) is 0 Å². The zero-order valence-corrected chi connectivity index (χ0v) is 13.7. The quantitative estimate of drug-likeness (QED) is 0.233. The van der Waals surface area contributed by atoms with Crippen LogP contribution in [-0.4, -0.2) is 21.3 Å². The van der Waals surface area contributed by atoms with Gasteiger partial charge >= 0.3 is 0 Å². The minimum Gasteiger partial charge on any atom is -0.595 e. The molecule has 2 aromatic rings. The Kier molecular flexibility index (Phi) is 5.88. The molecular weight excluding hydrogens is 352 g/mol. The van der Waals surface area contributed by atoms with Crippen molar-refractivity contribution < 1.29 is 30.8 Å². The number of carbonyl (C=O) groups excluding carboxylic acids is 1. The Labute approximate surface area is 147 Å². The van der Waals surface area contributed by atoms with Crippen LogP contribution in [0.2, 0.25) is 5.02 Å². The summed E-state index contributed by atoms with van der Waals surface area (Å²) in [6, 6.07) is 10.0. The van der Waals surface area contributed by atoms with E-state index in [0.717, 1.165) is 12.1 Å². The van der Waals surface area contributed by atoms with E-state index in [9.17, 15) is 25.5 Å². The molecule has 2 rings (SSSR count). The molecule has 0 bridgehead atoms. The zero-order valence-electron chi connectivity index (χ0n) is 13.0. The molecule has 2 aromatic carbocycles. The first-order valence-corrected chi connectivity index (χ1v) is 7.42. The second-order valence-electron chi connectivity index (χ2n) is 5.13. The lowest BCUT2D eigenvalue weighted by atomic mass is 9.96. The van der Waals surface area contributed by atoms with Gasteiger partial charge in [-0.15, -0.1) is 0 Å². The highest BCUT2D eigenvalue weighted by molar-refractivity contribution is 6.34. The summed E-state index contributed by atoms with van der Waals surface area (Å²) in [5.74, 6) is -1.02. The van der Waals surface area contributed by atoms with Crippen LogP contribution in [0.5, 0.6) is 0 Å². The smallest absolute Gasteiger partial charge is 0.188 e. The second kappa shape index (κ2) is 7.72. The third kappa shape index (κ3) is 4.03. The lowest BCUT2D eigenvalue weighted by Gasteiger charge is -2.20. The Balaban J connectivity index is 2.79. The number of aliphatic hydroxyl groups excluding tert-OH is 1. The van der Waals surface area contributed by atoms with Crippen molar-refractivity contribution in [3.8, 4) is 0 Å². The number of rotatable bonds is 5. The summed E-state index contributed by atoms with van der Waals surface area (Å²) >= 11 is 5.91. The summed E-state index contributed by atoms with van der Waals surface area (Å²) in [5.41, 5.74) is -0.972. The number of nitrogens with one attached hydrogen (secondary N) is 2. The van der Waals surface area contributed by atoms with Gasteiger partial charge in [-0.3, -0.25) is 4.79 Å². The van der Waals surface area contributed by atoms with Crippen molar-refractivity contribution in [1.29, 1.82) is 0 Å². The molecule has 5 N–H and O–H groups in total. The maximum absolute atomic E-state index is 12.1. The van der Waals surface area contributed by atoms with Crippen molar-refractivity contribution in [2.75, 3.05) is 0 Å². The predicted molar refractivity (Wildman–Crippen MR) is 89.6 cm³/mol. The molecule has 0 aliphatic heterocycles. The summed E-state index contributed by atoms with van der Waals surface area (Å²) in [4.78, 5) is 12.1. The standard InChI is InChI=1S/C16H15ClN2O6/c1-9(20)15(16(21)10-5-3-2-4-6-10)11-7-12(17)14(19(24)25)8-13(11)18(22)23/h2-8,18-19,21-22,24H,1H3. The summed E-state index contributed by atoms with van der Waals surface area (Å²) in [6.07, 6.45) is 0. The molecule has 8 nitrogen and oxygen atoms in total. The zero-order chi connectivity index (χ0) is 18.7. The first kappa shape index (κ1) is 19.0. The van der Waals surface area contributed by atoms with Crippen LogP contribution in [0.3, 0.4) is 0 Å². The minimum atomic E-state index is -1.45. The van der Waals surface area contributed by atoms with Crippen molar-refractivity contribution in [3.63, 3.8) is 0 Å². The Morgan fingerprint density at radius 3 is 2.08 bits per heavy atom. The molecule has 2 atom stereocenters.